The van der Waals surface area contributed by atoms with Crippen LogP contribution in [0.25, 0.3) is 11.1 Å². The zero-order valence-electron chi connectivity index (χ0n) is 15.1. The third-order valence-electron chi connectivity index (χ3n) is 4.69. The van der Waals surface area contributed by atoms with Gasteiger partial charge < -0.3 is 5.32 Å². The lowest BCUT2D eigenvalue weighted by atomic mass is 10.0. The van der Waals surface area contributed by atoms with Gasteiger partial charge in [0.2, 0.25) is 5.91 Å². The van der Waals surface area contributed by atoms with E-state index in [0.29, 0.717) is 26.9 Å². The Morgan fingerprint density at radius 1 is 0.931 bits per heavy atom. The van der Waals surface area contributed by atoms with Crippen molar-refractivity contribution in [1.82, 2.24) is 5.32 Å². The third kappa shape index (κ3) is 3.71. The molecule has 0 aliphatic carbocycles. The highest BCUT2D eigenvalue weighted by Gasteiger charge is 2.35. The molecule has 0 aromatic heterocycles. The van der Waals surface area contributed by atoms with Crippen LogP contribution in [0.3, 0.4) is 0 Å². The average Bonchev–Trinajstić information content (AvgIpc) is 2.71. The first-order chi connectivity index (χ1) is 13.9. The monoisotopic (exact) mass is 446 g/mol. The molecule has 0 unspecified atom stereocenters. The van der Waals surface area contributed by atoms with E-state index in [1.807, 2.05) is 6.07 Å². The number of benzene rings is 3. The molecule has 0 bridgehead atoms. The molecule has 148 valence electrons. The standard InChI is InChI=1S/C21H16Cl2N2O3S/c22-15-9-10-19-17(11-15)16-6-2-4-8-20(16)29(27,28)25(19)13-21(26)24-12-14-5-1-3-7-18(14)23/h1-11H,12-13H2,(H,24,26). The SMILES string of the molecule is O=C(CN1c2ccc(Cl)cc2-c2ccccc2S1(=O)=O)NCc1ccccc1Cl. The van der Waals surface area contributed by atoms with Crippen LogP contribution in [0.1, 0.15) is 5.56 Å². The average molecular weight is 447 g/mol. The number of carbonyl (C=O) groups is 1. The predicted molar refractivity (Wildman–Crippen MR) is 115 cm³/mol. The molecule has 5 nitrogen and oxygen atoms in total. The Morgan fingerprint density at radius 3 is 2.45 bits per heavy atom. The Balaban J connectivity index is 1.65. The molecule has 1 amide bonds. The molecule has 1 aliphatic heterocycles. The quantitative estimate of drug-likeness (QED) is 0.641. The maximum Gasteiger partial charge on any atom is 0.265 e. The molecule has 0 radical (unpaired) electrons. The molecule has 0 saturated heterocycles. The van der Waals surface area contributed by atoms with Crippen LogP contribution in [-0.2, 0) is 21.4 Å². The van der Waals surface area contributed by atoms with E-state index < -0.39 is 15.9 Å². The summed E-state index contributed by atoms with van der Waals surface area (Å²) in [5.41, 5.74) is 2.40. The molecule has 3 aromatic carbocycles. The van der Waals surface area contributed by atoms with Crippen LogP contribution in [0, 0.1) is 0 Å². The van der Waals surface area contributed by atoms with Crippen LogP contribution in [0.2, 0.25) is 10.0 Å². The summed E-state index contributed by atoms with van der Waals surface area (Å²) in [6, 6.07) is 18.8. The Bertz CT molecular complexity index is 1210. The minimum atomic E-state index is -3.89. The summed E-state index contributed by atoms with van der Waals surface area (Å²) in [5.74, 6) is -0.436. The van der Waals surface area contributed by atoms with Crippen LogP contribution in [0.5, 0.6) is 0 Å². The van der Waals surface area contributed by atoms with Gasteiger partial charge in [0, 0.05) is 27.7 Å². The van der Waals surface area contributed by atoms with Crippen LogP contribution < -0.4 is 9.62 Å². The molecule has 0 fully saturated rings. The molecule has 0 saturated carbocycles. The molecule has 0 spiro atoms. The van der Waals surface area contributed by atoms with Gasteiger partial charge in [-0.1, -0.05) is 59.6 Å². The minimum Gasteiger partial charge on any atom is -0.350 e. The van der Waals surface area contributed by atoms with Crippen molar-refractivity contribution in [1.29, 1.82) is 0 Å². The maximum atomic E-state index is 13.2. The van der Waals surface area contributed by atoms with Gasteiger partial charge >= 0.3 is 0 Å². The van der Waals surface area contributed by atoms with Crippen LogP contribution in [0.15, 0.2) is 71.6 Å². The highest BCUT2D eigenvalue weighted by atomic mass is 35.5. The fourth-order valence-electron chi connectivity index (χ4n) is 3.30. The summed E-state index contributed by atoms with van der Waals surface area (Å²) in [5, 5.41) is 3.76. The smallest absolute Gasteiger partial charge is 0.265 e. The second-order valence-electron chi connectivity index (χ2n) is 6.54. The first kappa shape index (κ1) is 19.8. The molecule has 1 aliphatic rings. The lowest BCUT2D eigenvalue weighted by Gasteiger charge is -2.31. The van der Waals surface area contributed by atoms with Crippen molar-refractivity contribution in [2.75, 3.05) is 10.8 Å². The molecule has 29 heavy (non-hydrogen) atoms. The Kier molecular flexibility index (Phi) is 5.25. The van der Waals surface area contributed by atoms with Gasteiger partial charge in [-0.25, -0.2) is 8.42 Å². The van der Waals surface area contributed by atoms with Crippen molar-refractivity contribution in [2.24, 2.45) is 0 Å². The van der Waals surface area contributed by atoms with E-state index in [1.165, 1.54) is 6.07 Å². The van der Waals surface area contributed by atoms with Gasteiger partial charge in [0.25, 0.3) is 10.0 Å². The summed E-state index contributed by atoms with van der Waals surface area (Å²) >= 11 is 12.3. The van der Waals surface area contributed by atoms with Gasteiger partial charge in [0.15, 0.2) is 0 Å². The fraction of sp³-hybridized carbons (Fsp3) is 0.0952. The number of hydrogen-bond acceptors (Lipinski definition) is 3. The number of halogens is 2. The van der Waals surface area contributed by atoms with E-state index in [0.717, 1.165) is 9.87 Å². The molecule has 3 aromatic rings. The number of hydrogen-bond donors (Lipinski definition) is 1. The second-order valence-corrected chi connectivity index (χ2v) is 9.21. The number of nitrogens with zero attached hydrogens (tertiary/aromatic N) is 1. The number of carbonyl (C=O) groups excluding carboxylic acids is 1. The van der Waals surface area contributed by atoms with E-state index >= 15 is 0 Å². The molecule has 0 atom stereocenters. The zero-order valence-corrected chi connectivity index (χ0v) is 17.4. The molecular formula is C21H16Cl2N2O3S. The van der Waals surface area contributed by atoms with Gasteiger partial charge in [-0.05, 0) is 35.9 Å². The Labute approximate surface area is 178 Å². The predicted octanol–water partition coefficient (Wildman–Crippen LogP) is 4.49. The number of rotatable bonds is 4. The van der Waals surface area contributed by atoms with Gasteiger partial charge in [0.1, 0.15) is 6.54 Å². The lowest BCUT2D eigenvalue weighted by Crippen LogP contribution is -2.42. The van der Waals surface area contributed by atoms with Gasteiger partial charge in [-0.3, -0.25) is 9.10 Å². The van der Waals surface area contributed by atoms with Crippen molar-refractivity contribution in [3.8, 4) is 11.1 Å². The van der Waals surface area contributed by atoms with Gasteiger partial charge in [-0.2, -0.15) is 0 Å². The fourth-order valence-corrected chi connectivity index (χ4v) is 5.32. The summed E-state index contributed by atoms with van der Waals surface area (Å²) in [7, 11) is -3.89. The first-order valence-corrected chi connectivity index (χ1v) is 11.0. The largest absolute Gasteiger partial charge is 0.350 e. The van der Waals surface area contributed by atoms with Crippen molar-refractivity contribution in [3.63, 3.8) is 0 Å². The van der Waals surface area contributed by atoms with E-state index in [2.05, 4.69) is 5.32 Å². The van der Waals surface area contributed by atoms with E-state index in [9.17, 15) is 13.2 Å². The Hall–Kier alpha value is -2.54. The second kappa shape index (κ2) is 7.71. The molecule has 1 heterocycles. The van der Waals surface area contributed by atoms with Crippen molar-refractivity contribution in [3.05, 3.63) is 82.3 Å². The topological polar surface area (TPSA) is 66.5 Å². The third-order valence-corrected chi connectivity index (χ3v) is 7.12. The lowest BCUT2D eigenvalue weighted by molar-refractivity contribution is -0.119. The van der Waals surface area contributed by atoms with Crippen molar-refractivity contribution < 1.29 is 13.2 Å². The molecule has 8 heteroatoms. The van der Waals surface area contributed by atoms with Crippen molar-refractivity contribution >= 4 is 44.8 Å². The molecular weight excluding hydrogens is 431 g/mol. The minimum absolute atomic E-state index is 0.147. The van der Waals surface area contributed by atoms with Crippen LogP contribution >= 0.6 is 23.2 Å². The molecule has 1 N–H and O–H groups in total. The highest BCUT2D eigenvalue weighted by molar-refractivity contribution is 7.93. The molecule has 4 rings (SSSR count). The van der Waals surface area contributed by atoms with Crippen molar-refractivity contribution in [2.45, 2.75) is 11.4 Å². The van der Waals surface area contributed by atoms with E-state index in [4.69, 9.17) is 23.2 Å². The van der Waals surface area contributed by atoms with Gasteiger partial charge in [0.05, 0.1) is 10.6 Å². The summed E-state index contributed by atoms with van der Waals surface area (Å²) in [4.78, 5) is 12.7. The number of fused-ring (bicyclic) bond motifs is 3. The Morgan fingerprint density at radius 2 is 1.66 bits per heavy atom. The first-order valence-electron chi connectivity index (χ1n) is 8.80. The maximum absolute atomic E-state index is 13.2. The normalized spacial score (nSPS) is 14.1. The van der Waals surface area contributed by atoms with Gasteiger partial charge in [-0.15, -0.1) is 0 Å². The van der Waals surface area contributed by atoms with Crippen LogP contribution in [-0.4, -0.2) is 20.9 Å². The summed E-state index contributed by atoms with van der Waals surface area (Å²) < 4.78 is 27.5. The number of sulfonamides is 1. The summed E-state index contributed by atoms with van der Waals surface area (Å²) in [6.45, 7) is -0.147. The number of nitrogens with one attached hydrogen (secondary N) is 1. The van der Waals surface area contributed by atoms with E-state index in [-0.39, 0.29) is 18.0 Å². The number of amides is 1. The zero-order chi connectivity index (χ0) is 20.6. The highest BCUT2D eigenvalue weighted by Crippen LogP contribution is 2.43. The number of anilines is 1. The summed E-state index contributed by atoms with van der Waals surface area (Å²) in [6.07, 6.45) is 0. The van der Waals surface area contributed by atoms with E-state index in [1.54, 1.807) is 54.6 Å². The van der Waals surface area contributed by atoms with Crippen LogP contribution in [0.4, 0.5) is 5.69 Å².